The summed E-state index contributed by atoms with van der Waals surface area (Å²) in [5, 5.41) is 12.1. The Hall–Kier alpha value is -2.40. The van der Waals surface area contributed by atoms with Crippen molar-refractivity contribution in [2.45, 2.75) is 23.3 Å². The second-order valence-corrected chi connectivity index (χ2v) is 8.73. The number of aryl methyl sites for hydroxylation is 1. The van der Waals surface area contributed by atoms with Gasteiger partial charge in [0.15, 0.2) is 0 Å². The van der Waals surface area contributed by atoms with Crippen molar-refractivity contribution >= 4 is 51.8 Å². The Morgan fingerprint density at radius 2 is 1.62 bits per heavy atom. The second kappa shape index (κ2) is 8.15. The second-order valence-electron chi connectivity index (χ2n) is 6.77. The maximum atomic E-state index is 12.3. The number of hydrogen-bond acceptors (Lipinski definition) is 2. The molecular formula is C23H17Cl2NO2S. The van der Waals surface area contributed by atoms with Gasteiger partial charge in [-0.05, 0) is 55.0 Å². The number of hydrogen-bond donors (Lipinski definition) is 1. The first-order valence-corrected chi connectivity index (χ1v) is 10.5. The van der Waals surface area contributed by atoms with Gasteiger partial charge in [0.25, 0.3) is 0 Å². The van der Waals surface area contributed by atoms with E-state index in [4.69, 9.17) is 23.2 Å². The van der Waals surface area contributed by atoms with Crippen LogP contribution in [0.5, 0.6) is 0 Å². The molecule has 0 amide bonds. The summed E-state index contributed by atoms with van der Waals surface area (Å²) in [6.07, 6.45) is 0. The van der Waals surface area contributed by atoms with Gasteiger partial charge < -0.3 is 9.67 Å². The van der Waals surface area contributed by atoms with Crippen LogP contribution in [0.15, 0.2) is 76.5 Å². The van der Waals surface area contributed by atoms with Crippen molar-refractivity contribution in [2.75, 3.05) is 0 Å². The maximum absolute atomic E-state index is 12.3. The fourth-order valence-corrected chi connectivity index (χ4v) is 4.65. The third-order valence-corrected chi connectivity index (χ3v) is 6.29. The summed E-state index contributed by atoms with van der Waals surface area (Å²) in [6, 6.07) is 20.9. The molecule has 1 N–H and O–H groups in total. The molecule has 0 aliphatic carbocycles. The third kappa shape index (κ3) is 4.15. The minimum Gasteiger partial charge on any atom is -0.477 e. The fourth-order valence-electron chi connectivity index (χ4n) is 3.27. The molecule has 0 bridgehead atoms. The van der Waals surface area contributed by atoms with Crippen LogP contribution in [0, 0.1) is 6.92 Å². The van der Waals surface area contributed by atoms with Crippen LogP contribution in [-0.4, -0.2) is 15.6 Å². The SMILES string of the molecule is Cc1ccc(Sc2c(C(=O)O)n(Cc3ccc(Cl)cc3)c3ccc(Cl)cc23)cc1. The number of carboxylic acids is 1. The molecular weight excluding hydrogens is 425 g/mol. The number of aromatic carboxylic acids is 1. The highest BCUT2D eigenvalue weighted by atomic mass is 35.5. The van der Waals surface area contributed by atoms with E-state index in [1.807, 2.05) is 72.2 Å². The number of carboxylic acid groups (broad SMARTS) is 1. The number of aromatic nitrogens is 1. The largest absolute Gasteiger partial charge is 0.477 e. The number of fused-ring (bicyclic) bond motifs is 1. The Bertz CT molecular complexity index is 1200. The summed E-state index contributed by atoms with van der Waals surface area (Å²) in [4.78, 5) is 14.0. The molecule has 0 saturated heterocycles. The smallest absolute Gasteiger partial charge is 0.353 e. The van der Waals surface area contributed by atoms with Crippen molar-refractivity contribution < 1.29 is 9.90 Å². The van der Waals surface area contributed by atoms with Crippen molar-refractivity contribution in [1.29, 1.82) is 0 Å². The summed E-state index contributed by atoms with van der Waals surface area (Å²) in [6.45, 7) is 2.44. The maximum Gasteiger partial charge on any atom is 0.353 e. The van der Waals surface area contributed by atoms with Crippen LogP contribution < -0.4 is 0 Å². The molecule has 0 aliphatic rings. The topological polar surface area (TPSA) is 42.2 Å². The van der Waals surface area contributed by atoms with Crippen LogP contribution in [-0.2, 0) is 6.54 Å². The zero-order valence-corrected chi connectivity index (χ0v) is 17.9. The van der Waals surface area contributed by atoms with Gasteiger partial charge in [-0.1, -0.05) is 64.8 Å². The lowest BCUT2D eigenvalue weighted by Crippen LogP contribution is -2.10. The molecule has 1 heterocycles. The number of nitrogens with zero attached hydrogens (tertiary/aromatic N) is 1. The van der Waals surface area contributed by atoms with Gasteiger partial charge in [0.05, 0.1) is 10.4 Å². The molecule has 3 aromatic carbocycles. The van der Waals surface area contributed by atoms with E-state index in [2.05, 4.69) is 0 Å². The van der Waals surface area contributed by atoms with Gasteiger partial charge in [0, 0.05) is 26.9 Å². The standard InChI is InChI=1S/C23H17Cl2NO2S/c1-14-2-9-18(10-3-14)29-22-19-12-17(25)8-11-20(19)26(21(22)23(27)28)13-15-4-6-16(24)7-5-15/h2-12H,13H2,1H3,(H,27,28). The number of halogens is 2. The third-order valence-electron chi connectivity index (χ3n) is 4.68. The Morgan fingerprint density at radius 3 is 2.28 bits per heavy atom. The zero-order chi connectivity index (χ0) is 20.5. The van der Waals surface area contributed by atoms with E-state index < -0.39 is 5.97 Å². The van der Waals surface area contributed by atoms with Crippen LogP contribution in [0.1, 0.15) is 21.6 Å². The molecule has 0 unspecified atom stereocenters. The molecule has 4 rings (SSSR count). The molecule has 0 saturated carbocycles. The summed E-state index contributed by atoms with van der Waals surface area (Å²) < 4.78 is 1.83. The van der Waals surface area contributed by atoms with Crippen molar-refractivity contribution in [2.24, 2.45) is 0 Å². The van der Waals surface area contributed by atoms with Crippen molar-refractivity contribution in [3.63, 3.8) is 0 Å². The summed E-state index contributed by atoms with van der Waals surface area (Å²) in [5.41, 5.74) is 3.20. The van der Waals surface area contributed by atoms with Crippen LogP contribution in [0.25, 0.3) is 10.9 Å². The Labute approximate surface area is 182 Å². The molecule has 0 aliphatic heterocycles. The van der Waals surface area contributed by atoms with Gasteiger partial charge in [-0.3, -0.25) is 0 Å². The summed E-state index contributed by atoms with van der Waals surface area (Å²) in [5.74, 6) is -0.971. The van der Waals surface area contributed by atoms with Crippen molar-refractivity contribution in [3.8, 4) is 0 Å². The highest BCUT2D eigenvalue weighted by molar-refractivity contribution is 7.99. The molecule has 0 spiro atoms. The molecule has 3 nitrogen and oxygen atoms in total. The van der Waals surface area contributed by atoms with Gasteiger partial charge in [0.1, 0.15) is 5.69 Å². The van der Waals surface area contributed by atoms with Gasteiger partial charge in [-0.2, -0.15) is 0 Å². The van der Waals surface area contributed by atoms with Crippen molar-refractivity contribution in [3.05, 3.63) is 93.6 Å². The van der Waals surface area contributed by atoms with Gasteiger partial charge in [0.2, 0.25) is 0 Å². The van der Waals surface area contributed by atoms with E-state index in [1.165, 1.54) is 11.8 Å². The van der Waals surface area contributed by atoms with E-state index in [0.717, 1.165) is 26.9 Å². The Balaban J connectivity index is 1.90. The average Bonchev–Trinajstić information content (AvgIpc) is 2.98. The van der Waals surface area contributed by atoms with E-state index in [-0.39, 0.29) is 5.69 Å². The fraction of sp³-hybridized carbons (Fsp3) is 0.0870. The number of carbonyl (C=O) groups is 1. The molecule has 0 atom stereocenters. The first-order valence-electron chi connectivity index (χ1n) is 8.96. The zero-order valence-electron chi connectivity index (χ0n) is 15.5. The number of rotatable bonds is 5. The molecule has 29 heavy (non-hydrogen) atoms. The lowest BCUT2D eigenvalue weighted by Gasteiger charge is -2.10. The van der Waals surface area contributed by atoms with Gasteiger partial charge in [-0.25, -0.2) is 4.79 Å². The van der Waals surface area contributed by atoms with Crippen LogP contribution >= 0.6 is 35.0 Å². The highest BCUT2D eigenvalue weighted by Crippen LogP contribution is 2.40. The first-order chi connectivity index (χ1) is 13.9. The van der Waals surface area contributed by atoms with Crippen LogP contribution in [0.3, 0.4) is 0 Å². The number of benzene rings is 3. The van der Waals surface area contributed by atoms with Gasteiger partial charge in [-0.15, -0.1) is 0 Å². The first kappa shape index (κ1) is 19.9. The lowest BCUT2D eigenvalue weighted by atomic mass is 10.2. The molecule has 4 aromatic rings. The van der Waals surface area contributed by atoms with E-state index >= 15 is 0 Å². The van der Waals surface area contributed by atoms with E-state index in [0.29, 0.717) is 21.5 Å². The van der Waals surface area contributed by atoms with E-state index in [9.17, 15) is 9.90 Å². The normalized spacial score (nSPS) is 11.1. The Morgan fingerprint density at radius 1 is 0.966 bits per heavy atom. The molecule has 0 radical (unpaired) electrons. The average molecular weight is 442 g/mol. The lowest BCUT2D eigenvalue weighted by molar-refractivity contribution is 0.0682. The monoisotopic (exact) mass is 441 g/mol. The quantitative estimate of drug-likeness (QED) is 0.357. The molecule has 146 valence electrons. The van der Waals surface area contributed by atoms with Crippen molar-refractivity contribution in [1.82, 2.24) is 4.57 Å². The highest BCUT2D eigenvalue weighted by Gasteiger charge is 2.23. The molecule has 0 fully saturated rings. The summed E-state index contributed by atoms with van der Waals surface area (Å²) in [7, 11) is 0. The van der Waals surface area contributed by atoms with Crippen LogP contribution in [0.4, 0.5) is 0 Å². The molecule has 6 heteroatoms. The van der Waals surface area contributed by atoms with E-state index in [1.54, 1.807) is 6.07 Å². The summed E-state index contributed by atoms with van der Waals surface area (Å²) >= 11 is 13.7. The Kier molecular flexibility index (Phi) is 5.59. The molecule has 1 aromatic heterocycles. The van der Waals surface area contributed by atoms with Crippen LogP contribution in [0.2, 0.25) is 10.0 Å². The predicted molar refractivity (Wildman–Crippen MR) is 120 cm³/mol. The minimum atomic E-state index is -0.971. The minimum absolute atomic E-state index is 0.253. The van der Waals surface area contributed by atoms with Gasteiger partial charge >= 0.3 is 5.97 Å². The predicted octanol–water partition coefficient (Wildman–Crippen LogP) is 7.15.